The van der Waals surface area contributed by atoms with Crippen LogP contribution in [0.3, 0.4) is 0 Å². The minimum Gasteiger partial charge on any atom is -0.460 e. The lowest BCUT2D eigenvalue weighted by molar-refractivity contribution is -0.155. The zero-order valence-electron chi connectivity index (χ0n) is 91.8. The molecule has 0 aromatic heterocycles. The number of esters is 1. The maximum atomic E-state index is 14.2. The first-order valence-electron chi connectivity index (χ1n) is 51.2. The van der Waals surface area contributed by atoms with Gasteiger partial charge >= 0.3 is 24.1 Å². The zero-order chi connectivity index (χ0) is 113. The van der Waals surface area contributed by atoms with Gasteiger partial charge in [0.05, 0.1) is 37.6 Å². The number of hydrogen-bond donors (Lipinski definition) is 14. The molecule has 3 aromatic rings. The van der Waals surface area contributed by atoms with Crippen molar-refractivity contribution in [1.82, 2.24) is 93.6 Å². The van der Waals surface area contributed by atoms with Crippen molar-refractivity contribution in [2.45, 2.75) is 298 Å². The number of anilines is 1. The van der Waals surface area contributed by atoms with Gasteiger partial charge in [0.1, 0.15) is 58.3 Å². The number of allylic oxidation sites excluding steroid dienone is 1. The fourth-order valence-corrected chi connectivity index (χ4v) is 20.2. The second-order valence-corrected chi connectivity index (χ2v) is 49.4. The Morgan fingerprint density at radius 1 is 0.440 bits per heavy atom. The van der Waals surface area contributed by atoms with Crippen LogP contribution in [0.5, 0.6) is 0 Å². The average Bonchev–Trinajstić information content (AvgIpc) is 1.53. The van der Waals surface area contributed by atoms with Gasteiger partial charge in [-0.3, -0.25) is 81.5 Å². The molecule has 4 aliphatic carbocycles. The fraction of sp³-hybridized carbons (Fsp3) is 0.630. The highest BCUT2D eigenvalue weighted by molar-refractivity contribution is 6.51. The SMILES string of the molecule is C=CCCC(NC(=O)[C@@H]1[C@@H]2[C@H](CN1C(=O)[C@@H](NC(=O)NC(C)(C)C)C(C)(C)C)C2(Cl)Cl)C(=O)C(=O)NCCC(=O)OC(C)(C)C.CCCC(NC(=O)[C@@H]1[C@@H]2[C@H](CN1C(=O)[C@@H](NC(=O)Nc1ccccc1)C(C)(C)C)C2(C)C)C(=O)C(=O)NCC(=O)N[C@H](C(=O)N(C)C)c1ccccc1.CN(C)C(=O)[C@@H](NC(=O)CNC(=O)C(=O)C(CC1CC1)NC(=O)[C@@H]1[C@@H]2[C@H](CN1C(=O)[C@@H](NC(=O)NC(C)(C)C)C(C)(C)C)C2(C)C)c1ccccc1. The summed E-state index contributed by atoms with van der Waals surface area (Å²) in [5, 5.41) is 37.3. The van der Waals surface area contributed by atoms with E-state index in [4.69, 9.17) is 27.9 Å². The van der Waals surface area contributed by atoms with Gasteiger partial charge in [-0.05, 0) is 168 Å². The highest BCUT2D eigenvalue weighted by Gasteiger charge is 2.75. The summed E-state index contributed by atoms with van der Waals surface area (Å²) in [6.07, 6.45) is 4.30. The lowest BCUT2D eigenvalue weighted by atomic mass is 9.85. The van der Waals surface area contributed by atoms with E-state index in [0.29, 0.717) is 42.7 Å². The Balaban J connectivity index is 0.000000275. The van der Waals surface area contributed by atoms with Crippen LogP contribution in [0.15, 0.2) is 104 Å². The summed E-state index contributed by atoms with van der Waals surface area (Å²) in [4.78, 5) is 273. The summed E-state index contributed by atoms with van der Waals surface area (Å²) in [6, 6.07) is 13.0. The molecule has 3 saturated heterocycles. The minimum atomic E-state index is -1.26. The molecule has 0 radical (unpaired) electrons. The molecule has 19 amide bonds. The topological polar surface area (TPSA) is 535 Å². The minimum absolute atomic E-state index is 0.0298. The third-order valence-corrected chi connectivity index (χ3v) is 28.8. The van der Waals surface area contributed by atoms with Crippen LogP contribution in [0.2, 0.25) is 0 Å². The summed E-state index contributed by atoms with van der Waals surface area (Å²) in [5.74, 6) is -12.8. The number of nitrogens with one attached hydrogen (secondary N) is 14. The van der Waals surface area contributed by atoms with E-state index in [1.165, 1.54) is 24.5 Å². The van der Waals surface area contributed by atoms with Crippen molar-refractivity contribution in [3.8, 4) is 0 Å². The molecule has 42 heteroatoms. The van der Waals surface area contributed by atoms with Crippen LogP contribution in [-0.2, 0) is 86.2 Å². The summed E-state index contributed by atoms with van der Waals surface area (Å²) in [5.41, 5.74) is -2.74. The van der Waals surface area contributed by atoms with E-state index in [9.17, 15) is 95.9 Å². The average molecular weight is 2130 g/mol. The monoisotopic (exact) mass is 2130 g/mol. The van der Waals surface area contributed by atoms with Crippen LogP contribution in [0, 0.1) is 68.5 Å². The van der Waals surface area contributed by atoms with E-state index in [2.05, 4.69) is 81.0 Å². The summed E-state index contributed by atoms with van der Waals surface area (Å²) >= 11 is 13.0. The van der Waals surface area contributed by atoms with Gasteiger partial charge in [-0.15, -0.1) is 29.8 Å². The predicted molar refractivity (Wildman–Crippen MR) is 565 cm³/mol. The van der Waals surface area contributed by atoms with Crippen LogP contribution in [0.4, 0.5) is 20.1 Å². The molecule has 14 N–H and O–H groups in total. The molecule has 3 aliphatic heterocycles. The highest BCUT2D eigenvalue weighted by atomic mass is 35.5. The molecule has 7 fully saturated rings. The number of benzene rings is 3. The quantitative estimate of drug-likeness (QED) is 0.0114. The maximum Gasteiger partial charge on any atom is 0.319 e. The zero-order valence-corrected chi connectivity index (χ0v) is 93.3. The lowest BCUT2D eigenvalue weighted by Gasteiger charge is -2.38. The van der Waals surface area contributed by atoms with Crippen molar-refractivity contribution >= 4 is 147 Å². The third kappa shape index (κ3) is 33.0. The number of ether oxygens (including phenoxy) is 1. The number of alkyl halides is 2. The molecule has 17 atom stereocenters. The Morgan fingerprint density at radius 2 is 0.780 bits per heavy atom. The lowest BCUT2D eigenvalue weighted by Crippen LogP contribution is -2.62. The number of Topliss-reactive ketones (excluding diaryl/α,β-unsaturated/α-hetero) is 3. The van der Waals surface area contributed by atoms with Gasteiger partial charge in [-0.25, -0.2) is 14.4 Å². The van der Waals surface area contributed by atoms with Gasteiger partial charge in [0.2, 0.25) is 76.4 Å². The maximum absolute atomic E-state index is 14.2. The number of hydrogen-bond acceptors (Lipinski definition) is 21. The van der Waals surface area contributed by atoms with Crippen molar-refractivity contribution in [3.05, 3.63) is 115 Å². The molecular formula is C108H159Cl2N19O21. The number of carbonyl (C=O) groups is 20. The molecule has 150 heavy (non-hydrogen) atoms. The molecule has 4 saturated carbocycles. The first kappa shape index (κ1) is 123. The number of urea groups is 3. The summed E-state index contributed by atoms with van der Waals surface area (Å²) in [6.45, 7) is 45.4. The number of para-hydroxylation sites is 1. The second kappa shape index (κ2) is 49.6. The Labute approximate surface area is 890 Å². The standard InChI is InChI=1S/C39H53N7O7.C38H57N7O7.C31H49Cl2N5O7/c1-9-16-26(31(48)34(50)40-21-27(47)43-29(35(51)45(7)8)23-17-12-10-13-18-23)42-33(49)30-28-25(39(28,5)6)22-46(30)36(52)32(38(2,3)4)44-37(53)41-24-19-14-11-15-20-24;1-36(2,3)30(42-35(52)43-37(4,5)6)34(51)45-20-23-26(38(23,7)8)28(45)31(48)40-24(18-21-16-17-21)29(47)32(49)39-19-25(46)41-27(33(50)44(9)10)22-14-12-11-13-15-22;1-11-12-13-18(22(40)25(42)34-15-14-19(39)45-30(8,9)10)35-24(41)21-20-17(31(20,32)33)16-38(21)26(43)23(28(2,3)4)36-27(44)37-29(5,6)7/h10-15,17-20,25-26,28-30,32H,9,16,21-22H2,1-8H3,(H,40,50)(H,42,49)(H,43,47)(H2,41,44,53);11-15,21,23-24,26-28,30H,16-20H2,1-10H3,(H,39,49)(H,40,48)(H,41,46)(H2,42,43,52);11,17-18,20-21,23H,1,12-16H2,2-10H3,(H,34,42)(H,35,41)(H2,36,37,44)/t25-,26?,28-,29-,30-,32+;23-,24?,26-,27-,28-,30+;17-,18?,20-,21-,23+/m000/s1. The number of likely N-dealkylation sites (N-methyl/N-ethyl adjacent to an activating group) is 2. The number of carbonyl (C=O) groups excluding carboxylic acids is 20. The van der Waals surface area contributed by atoms with Crippen molar-refractivity contribution in [3.63, 3.8) is 0 Å². The molecular weight excluding hydrogens is 1970 g/mol. The van der Waals surface area contributed by atoms with Gasteiger partial charge in [-0.2, -0.15) is 0 Å². The molecule has 10 rings (SSSR count). The predicted octanol–water partition coefficient (Wildman–Crippen LogP) is 7.52. The number of halogens is 2. The molecule has 0 bridgehead atoms. The number of fused-ring (bicyclic) bond motifs is 3. The largest absolute Gasteiger partial charge is 0.460 e. The van der Waals surface area contributed by atoms with E-state index in [1.807, 2.05) is 96.1 Å². The van der Waals surface area contributed by atoms with E-state index in [-0.39, 0.29) is 91.0 Å². The van der Waals surface area contributed by atoms with E-state index >= 15 is 0 Å². The summed E-state index contributed by atoms with van der Waals surface area (Å²) < 4.78 is 3.95. The first-order chi connectivity index (χ1) is 69.3. The number of rotatable bonds is 39. The molecule has 0 spiro atoms. The van der Waals surface area contributed by atoms with E-state index in [1.54, 1.807) is 188 Å². The van der Waals surface area contributed by atoms with Crippen LogP contribution in [0.1, 0.15) is 234 Å². The van der Waals surface area contributed by atoms with Crippen LogP contribution >= 0.6 is 23.2 Å². The first-order valence-corrected chi connectivity index (χ1v) is 52.0. The number of piperidine rings is 3. The van der Waals surface area contributed by atoms with Gasteiger partial charge in [0, 0.05) is 83.0 Å². The van der Waals surface area contributed by atoms with Gasteiger partial charge in [-0.1, -0.05) is 201 Å². The van der Waals surface area contributed by atoms with Crippen molar-refractivity contribution in [1.29, 1.82) is 0 Å². The molecule has 3 unspecified atom stereocenters. The van der Waals surface area contributed by atoms with Crippen molar-refractivity contribution in [2.24, 2.45) is 68.5 Å². The molecule has 40 nitrogen and oxygen atoms in total. The number of amides is 19. The summed E-state index contributed by atoms with van der Waals surface area (Å²) in [7, 11) is 6.25. The third-order valence-electron chi connectivity index (χ3n) is 27.8. The van der Waals surface area contributed by atoms with Gasteiger partial charge in [0.25, 0.3) is 17.7 Å². The van der Waals surface area contributed by atoms with Crippen LogP contribution < -0.4 is 74.4 Å². The number of ketones is 3. The van der Waals surface area contributed by atoms with Crippen LogP contribution in [-0.4, -0.2) is 286 Å². The van der Waals surface area contributed by atoms with E-state index in [0.717, 1.165) is 12.8 Å². The smallest absolute Gasteiger partial charge is 0.319 e. The number of likely N-dealkylation sites (tertiary alicyclic amines) is 3. The van der Waals surface area contributed by atoms with Crippen molar-refractivity contribution < 1.29 is 101 Å². The fourth-order valence-electron chi connectivity index (χ4n) is 19.4. The van der Waals surface area contributed by atoms with Gasteiger partial charge < -0.3 is 104 Å². The number of nitrogens with zero attached hydrogens (tertiary/aromatic N) is 5. The van der Waals surface area contributed by atoms with Crippen LogP contribution in [0.25, 0.3) is 0 Å². The van der Waals surface area contributed by atoms with E-state index < -0.39 is 235 Å². The Bertz CT molecular complexity index is 5480. The second-order valence-electron chi connectivity index (χ2n) is 47.9. The Morgan fingerprint density at radius 3 is 1.13 bits per heavy atom. The molecule has 3 heterocycles. The highest BCUT2D eigenvalue weighted by Crippen LogP contribution is 2.67. The van der Waals surface area contributed by atoms with Gasteiger partial charge in [0.15, 0.2) is 0 Å². The normalized spacial score (nSPS) is 21.3. The molecule has 3 aromatic carbocycles. The Kier molecular flexibility index (Phi) is 40.6. The van der Waals surface area contributed by atoms with Crippen molar-refractivity contribution in [2.75, 3.05) is 72.8 Å². The molecule has 826 valence electrons. The molecule has 7 aliphatic rings. The Hall–Kier alpha value is -12.6.